The van der Waals surface area contributed by atoms with Gasteiger partial charge in [-0.05, 0) is 63.6 Å². The summed E-state index contributed by atoms with van der Waals surface area (Å²) < 4.78 is 26.7. The fourth-order valence-corrected chi connectivity index (χ4v) is 4.87. The van der Waals surface area contributed by atoms with Crippen molar-refractivity contribution in [2.75, 3.05) is 25.5 Å². The summed E-state index contributed by atoms with van der Waals surface area (Å²) in [5, 5.41) is 2.88. The van der Waals surface area contributed by atoms with E-state index in [0.29, 0.717) is 25.3 Å². The molecule has 0 bridgehead atoms. The van der Waals surface area contributed by atoms with Gasteiger partial charge in [-0.1, -0.05) is 29.8 Å². The van der Waals surface area contributed by atoms with Gasteiger partial charge in [0, 0.05) is 25.3 Å². The van der Waals surface area contributed by atoms with Gasteiger partial charge >= 0.3 is 0 Å². The molecule has 1 saturated heterocycles. The SMILES string of the molecule is Cc1ccc(CN(C)[C@@H](C)C(=O)Nc2ccc(S(=O)(=O)N3CCCC3)cc2)cc1. The molecule has 1 N–H and O–H groups in total. The van der Waals surface area contributed by atoms with Crippen LogP contribution in [0.25, 0.3) is 0 Å². The molecule has 6 nitrogen and oxygen atoms in total. The monoisotopic (exact) mass is 415 g/mol. The van der Waals surface area contributed by atoms with E-state index in [1.54, 1.807) is 24.3 Å². The summed E-state index contributed by atoms with van der Waals surface area (Å²) in [4.78, 5) is 14.9. The summed E-state index contributed by atoms with van der Waals surface area (Å²) in [5.41, 5.74) is 2.94. The van der Waals surface area contributed by atoms with E-state index in [9.17, 15) is 13.2 Å². The smallest absolute Gasteiger partial charge is 0.243 e. The standard InChI is InChI=1S/C22H29N3O3S/c1-17-6-8-19(9-7-17)16-24(3)18(2)22(26)23-20-10-12-21(13-11-20)29(27,28)25-14-4-5-15-25/h6-13,18H,4-5,14-16H2,1-3H3,(H,23,26)/t18-/m0/s1. The molecule has 0 unspecified atom stereocenters. The number of hydrogen-bond acceptors (Lipinski definition) is 4. The van der Waals surface area contributed by atoms with E-state index in [-0.39, 0.29) is 16.8 Å². The molecule has 0 aliphatic carbocycles. The van der Waals surface area contributed by atoms with Crippen molar-refractivity contribution in [2.45, 2.75) is 44.2 Å². The summed E-state index contributed by atoms with van der Waals surface area (Å²) in [7, 11) is -1.53. The predicted molar refractivity (Wildman–Crippen MR) is 115 cm³/mol. The van der Waals surface area contributed by atoms with Crippen LogP contribution >= 0.6 is 0 Å². The number of carbonyl (C=O) groups is 1. The van der Waals surface area contributed by atoms with Gasteiger partial charge in [-0.25, -0.2) is 8.42 Å². The maximum Gasteiger partial charge on any atom is 0.243 e. The first-order valence-corrected chi connectivity index (χ1v) is 11.4. The van der Waals surface area contributed by atoms with E-state index in [0.717, 1.165) is 18.4 Å². The van der Waals surface area contributed by atoms with Crippen molar-refractivity contribution in [1.82, 2.24) is 9.21 Å². The van der Waals surface area contributed by atoms with Crippen LogP contribution in [0, 0.1) is 6.92 Å². The average Bonchev–Trinajstić information content (AvgIpc) is 3.25. The van der Waals surface area contributed by atoms with Crippen LogP contribution in [0.15, 0.2) is 53.4 Å². The van der Waals surface area contributed by atoms with Gasteiger partial charge in [0.1, 0.15) is 0 Å². The number of hydrogen-bond donors (Lipinski definition) is 1. The summed E-state index contributed by atoms with van der Waals surface area (Å²) in [5.74, 6) is -0.130. The summed E-state index contributed by atoms with van der Waals surface area (Å²) in [6, 6.07) is 14.3. The minimum atomic E-state index is -3.44. The molecule has 0 saturated carbocycles. The zero-order valence-electron chi connectivity index (χ0n) is 17.3. The van der Waals surface area contributed by atoms with Crippen molar-refractivity contribution in [3.63, 3.8) is 0 Å². The molecule has 2 aromatic carbocycles. The van der Waals surface area contributed by atoms with Gasteiger partial charge in [-0.15, -0.1) is 0 Å². The van der Waals surface area contributed by atoms with Crippen molar-refractivity contribution < 1.29 is 13.2 Å². The van der Waals surface area contributed by atoms with Crippen molar-refractivity contribution in [2.24, 2.45) is 0 Å². The van der Waals surface area contributed by atoms with E-state index in [1.807, 2.05) is 25.8 Å². The minimum Gasteiger partial charge on any atom is -0.325 e. The Kier molecular flexibility index (Phi) is 6.72. The highest BCUT2D eigenvalue weighted by molar-refractivity contribution is 7.89. The van der Waals surface area contributed by atoms with E-state index in [2.05, 4.69) is 29.6 Å². The molecule has 29 heavy (non-hydrogen) atoms. The van der Waals surface area contributed by atoms with E-state index < -0.39 is 10.0 Å². The van der Waals surface area contributed by atoms with Crippen LogP contribution in [0.2, 0.25) is 0 Å². The summed E-state index contributed by atoms with van der Waals surface area (Å²) in [6.45, 7) is 5.72. The highest BCUT2D eigenvalue weighted by atomic mass is 32.2. The molecule has 1 aliphatic heterocycles. The molecule has 1 heterocycles. The quantitative estimate of drug-likeness (QED) is 0.754. The third-order valence-electron chi connectivity index (χ3n) is 5.42. The Labute approximate surface area is 173 Å². The normalized spacial score (nSPS) is 16.1. The maximum atomic E-state index is 12.6. The fourth-order valence-electron chi connectivity index (χ4n) is 3.35. The molecule has 0 aromatic heterocycles. The number of likely N-dealkylation sites (N-methyl/N-ethyl adjacent to an activating group) is 1. The molecular formula is C22H29N3O3S. The Morgan fingerprint density at radius 3 is 2.24 bits per heavy atom. The molecule has 1 amide bonds. The molecule has 2 aromatic rings. The largest absolute Gasteiger partial charge is 0.325 e. The number of nitrogens with one attached hydrogen (secondary N) is 1. The van der Waals surface area contributed by atoms with Gasteiger partial charge in [0.15, 0.2) is 0 Å². The highest BCUT2D eigenvalue weighted by Gasteiger charge is 2.27. The molecular weight excluding hydrogens is 386 g/mol. The second-order valence-electron chi connectivity index (χ2n) is 7.70. The lowest BCUT2D eigenvalue weighted by Crippen LogP contribution is -2.39. The summed E-state index contributed by atoms with van der Waals surface area (Å²) >= 11 is 0. The second-order valence-corrected chi connectivity index (χ2v) is 9.64. The molecule has 156 valence electrons. The van der Waals surface area contributed by atoms with E-state index in [1.165, 1.54) is 9.87 Å². The number of carbonyl (C=O) groups excluding carboxylic acids is 1. The van der Waals surface area contributed by atoms with Crippen LogP contribution < -0.4 is 5.32 Å². The molecule has 1 atom stereocenters. The minimum absolute atomic E-state index is 0.130. The van der Waals surface area contributed by atoms with Gasteiger partial charge in [-0.3, -0.25) is 9.69 Å². The van der Waals surface area contributed by atoms with Crippen molar-refractivity contribution in [1.29, 1.82) is 0 Å². The van der Waals surface area contributed by atoms with E-state index >= 15 is 0 Å². The van der Waals surface area contributed by atoms with Crippen LogP contribution in [0.4, 0.5) is 5.69 Å². The zero-order chi connectivity index (χ0) is 21.0. The molecule has 0 radical (unpaired) electrons. The lowest BCUT2D eigenvalue weighted by molar-refractivity contribution is -0.120. The predicted octanol–water partition coefficient (Wildman–Crippen LogP) is 3.24. The van der Waals surface area contributed by atoms with Crippen molar-refractivity contribution in [3.05, 3.63) is 59.7 Å². The molecule has 7 heteroatoms. The van der Waals surface area contributed by atoms with Crippen LogP contribution in [-0.2, 0) is 21.4 Å². The maximum absolute atomic E-state index is 12.6. The lowest BCUT2D eigenvalue weighted by atomic mass is 10.1. The number of benzene rings is 2. The molecule has 1 aliphatic rings. The third-order valence-corrected chi connectivity index (χ3v) is 7.33. The number of nitrogens with zero attached hydrogens (tertiary/aromatic N) is 2. The van der Waals surface area contributed by atoms with Gasteiger partial charge in [0.05, 0.1) is 10.9 Å². The molecule has 1 fully saturated rings. The second kappa shape index (κ2) is 9.07. The Morgan fingerprint density at radius 1 is 1.07 bits per heavy atom. The topological polar surface area (TPSA) is 69.7 Å². The molecule has 0 spiro atoms. The number of aryl methyl sites for hydroxylation is 1. The zero-order valence-corrected chi connectivity index (χ0v) is 18.1. The number of amides is 1. The first kappa shape index (κ1) is 21.5. The Bertz CT molecular complexity index is 934. The van der Waals surface area contributed by atoms with Crippen molar-refractivity contribution >= 4 is 21.6 Å². The van der Waals surface area contributed by atoms with E-state index in [4.69, 9.17) is 0 Å². The van der Waals surface area contributed by atoms with Gasteiger partial charge in [-0.2, -0.15) is 4.31 Å². The average molecular weight is 416 g/mol. The third kappa shape index (κ3) is 5.23. The number of anilines is 1. The van der Waals surface area contributed by atoms with Gasteiger partial charge in [0.25, 0.3) is 0 Å². The van der Waals surface area contributed by atoms with Crippen LogP contribution in [0.3, 0.4) is 0 Å². The number of rotatable bonds is 7. The lowest BCUT2D eigenvalue weighted by Gasteiger charge is -2.24. The van der Waals surface area contributed by atoms with Crippen LogP contribution in [-0.4, -0.2) is 49.7 Å². The van der Waals surface area contributed by atoms with Crippen LogP contribution in [0.5, 0.6) is 0 Å². The van der Waals surface area contributed by atoms with Crippen LogP contribution in [0.1, 0.15) is 30.9 Å². The Morgan fingerprint density at radius 2 is 1.66 bits per heavy atom. The fraction of sp³-hybridized carbons (Fsp3) is 0.409. The van der Waals surface area contributed by atoms with Gasteiger partial charge in [0.2, 0.25) is 15.9 Å². The molecule has 3 rings (SSSR count). The first-order chi connectivity index (χ1) is 13.8. The Balaban J connectivity index is 1.60. The van der Waals surface area contributed by atoms with Gasteiger partial charge < -0.3 is 5.32 Å². The summed E-state index contributed by atoms with van der Waals surface area (Å²) in [6.07, 6.45) is 1.81. The highest BCUT2D eigenvalue weighted by Crippen LogP contribution is 2.22. The Hall–Kier alpha value is -2.22. The van der Waals surface area contributed by atoms with Crippen molar-refractivity contribution in [3.8, 4) is 0 Å². The first-order valence-electron chi connectivity index (χ1n) is 9.94. The number of sulfonamides is 1.